The lowest BCUT2D eigenvalue weighted by atomic mass is 10.1. The smallest absolute Gasteiger partial charge is 0.266 e. The van der Waals surface area contributed by atoms with Gasteiger partial charge < -0.3 is 10.1 Å². The first kappa shape index (κ1) is 21.8. The van der Waals surface area contributed by atoms with Crippen LogP contribution in [-0.2, 0) is 11.4 Å². The molecule has 3 aromatic carbocycles. The van der Waals surface area contributed by atoms with Crippen LogP contribution < -0.4 is 10.1 Å². The largest absolute Gasteiger partial charge is 0.488 e. The van der Waals surface area contributed by atoms with Crippen molar-refractivity contribution in [3.8, 4) is 11.8 Å². The van der Waals surface area contributed by atoms with Crippen molar-refractivity contribution in [1.82, 2.24) is 0 Å². The van der Waals surface area contributed by atoms with Crippen LogP contribution >= 0.6 is 31.9 Å². The summed E-state index contributed by atoms with van der Waals surface area (Å²) in [5.74, 6) is -0.199. The van der Waals surface area contributed by atoms with Gasteiger partial charge in [0.15, 0.2) is 0 Å². The molecule has 0 aromatic heterocycles. The van der Waals surface area contributed by atoms with E-state index in [1.165, 1.54) is 18.2 Å². The van der Waals surface area contributed by atoms with Crippen molar-refractivity contribution in [2.24, 2.45) is 0 Å². The molecule has 0 fully saturated rings. The highest BCUT2D eigenvalue weighted by molar-refractivity contribution is 9.10. The number of amides is 1. The van der Waals surface area contributed by atoms with E-state index in [1.54, 1.807) is 54.6 Å². The Labute approximate surface area is 190 Å². The SMILES string of the molecule is N#C/C(=C/c1ccc(OCc2ccc(F)cc2)c(Br)c1)C(=O)Nc1ccc(Br)cc1. The van der Waals surface area contributed by atoms with Crippen LogP contribution in [0.15, 0.2) is 81.2 Å². The molecule has 3 rings (SSSR count). The Morgan fingerprint density at radius 1 is 1.07 bits per heavy atom. The Morgan fingerprint density at radius 2 is 1.77 bits per heavy atom. The number of hydrogen-bond donors (Lipinski definition) is 1. The minimum Gasteiger partial charge on any atom is -0.488 e. The minimum absolute atomic E-state index is 0.0233. The van der Waals surface area contributed by atoms with E-state index in [0.717, 1.165) is 10.0 Å². The quantitative estimate of drug-likeness (QED) is 0.294. The summed E-state index contributed by atoms with van der Waals surface area (Å²) in [7, 11) is 0. The number of nitrogens with zero attached hydrogens (tertiary/aromatic N) is 1. The van der Waals surface area contributed by atoms with Crippen molar-refractivity contribution in [2.75, 3.05) is 5.32 Å². The van der Waals surface area contributed by atoms with Crippen LogP contribution in [0, 0.1) is 17.1 Å². The number of carbonyl (C=O) groups excluding carboxylic acids is 1. The van der Waals surface area contributed by atoms with Crippen LogP contribution in [0.2, 0.25) is 0 Å². The molecule has 0 aliphatic carbocycles. The summed E-state index contributed by atoms with van der Waals surface area (Å²) >= 11 is 6.77. The number of hydrogen-bond acceptors (Lipinski definition) is 3. The molecule has 0 saturated heterocycles. The number of benzene rings is 3. The maximum atomic E-state index is 13.0. The fourth-order valence-electron chi connectivity index (χ4n) is 2.51. The molecule has 3 aromatic rings. The second kappa shape index (κ2) is 10.2. The molecule has 0 atom stereocenters. The zero-order valence-electron chi connectivity index (χ0n) is 15.5. The van der Waals surface area contributed by atoms with Gasteiger partial charge in [-0.1, -0.05) is 34.1 Å². The molecule has 30 heavy (non-hydrogen) atoms. The first-order valence-corrected chi connectivity index (χ1v) is 10.4. The Morgan fingerprint density at radius 3 is 2.40 bits per heavy atom. The van der Waals surface area contributed by atoms with Gasteiger partial charge in [-0.2, -0.15) is 5.26 Å². The summed E-state index contributed by atoms with van der Waals surface area (Å²) in [5.41, 5.74) is 2.07. The normalized spacial score (nSPS) is 10.9. The number of nitrogens with one attached hydrogen (secondary N) is 1. The van der Waals surface area contributed by atoms with Crippen molar-refractivity contribution >= 4 is 49.5 Å². The van der Waals surface area contributed by atoms with Gasteiger partial charge in [-0.15, -0.1) is 0 Å². The van der Waals surface area contributed by atoms with E-state index in [1.807, 2.05) is 6.07 Å². The Hall–Kier alpha value is -2.95. The molecule has 0 heterocycles. The number of carbonyl (C=O) groups is 1. The molecule has 4 nitrogen and oxygen atoms in total. The number of ether oxygens (including phenoxy) is 1. The highest BCUT2D eigenvalue weighted by Gasteiger charge is 2.11. The lowest BCUT2D eigenvalue weighted by Crippen LogP contribution is -2.13. The summed E-state index contributed by atoms with van der Waals surface area (Å²) in [6.45, 7) is 0.285. The van der Waals surface area contributed by atoms with Gasteiger partial charge in [0, 0.05) is 10.2 Å². The Kier molecular flexibility index (Phi) is 7.39. The molecule has 0 bridgehead atoms. The molecule has 0 spiro atoms. The first-order valence-electron chi connectivity index (χ1n) is 8.80. The monoisotopic (exact) mass is 528 g/mol. The number of halogens is 3. The third-order valence-corrected chi connectivity index (χ3v) is 5.19. The summed E-state index contributed by atoms with van der Waals surface area (Å²) in [4.78, 5) is 12.4. The van der Waals surface area contributed by atoms with E-state index >= 15 is 0 Å². The summed E-state index contributed by atoms with van der Waals surface area (Å²) < 4.78 is 20.3. The number of nitriles is 1. The summed E-state index contributed by atoms with van der Waals surface area (Å²) in [6.07, 6.45) is 1.50. The molecule has 7 heteroatoms. The van der Waals surface area contributed by atoms with Crippen LogP contribution in [-0.4, -0.2) is 5.91 Å². The van der Waals surface area contributed by atoms with Gasteiger partial charge in [0.2, 0.25) is 0 Å². The molecule has 0 aliphatic heterocycles. The van der Waals surface area contributed by atoms with Crippen molar-refractivity contribution < 1.29 is 13.9 Å². The molecular formula is C23H15Br2FN2O2. The van der Waals surface area contributed by atoms with Gasteiger partial charge >= 0.3 is 0 Å². The predicted octanol–water partition coefficient (Wildman–Crippen LogP) is 6.48. The Bertz CT molecular complexity index is 1120. The van der Waals surface area contributed by atoms with Crippen molar-refractivity contribution in [1.29, 1.82) is 5.26 Å². The van der Waals surface area contributed by atoms with Crippen molar-refractivity contribution in [3.63, 3.8) is 0 Å². The van der Waals surface area contributed by atoms with Gasteiger partial charge in [0.05, 0.1) is 4.47 Å². The zero-order chi connectivity index (χ0) is 21.5. The molecule has 0 radical (unpaired) electrons. The molecular weight excluding hydrogens is 515 g/mol. The third-order valence-electron chi connectivity index (χ3n) is 4.04. The van der Waals surface area contributed by atoms with Crippen LogP contribution in [0.4, 0.5) is 10.1 Å². The van der Waals surface area contributed by atoms with E-state index in [4.69, 9.17) is 4.74 Å². The molecule has 150 valence electrons. The second-order valence-corrected chi connectivity index (χ2v) is 8.01. The van der Waals surface area contributed by atoms with Crippen LogP contribution in [0.5, 0.6) is 5.75 Å². The van der Waals surface area contributed by atoms with E-state index in [0.29, 0.717) is 21.5 Å². The molecule has 0 unspecified atom stereocenters. The molecule has 1 amide bonds. The summed E-state index contributed by atoms with van der Waals surface area (Å²) in [5, 5.41) is 12.1. The maximum Gasteiger partial charge on any atom is 0.266 e. The predicted molar refractivity (Wildman–Crippen MR) is 121 cm³/mol. The van der Waals surface area contributed by atoms with Gasteiger partial charge in [0.25, 0.3) is 5.91 Å². The fourth-order valence-corrected chi connectivity index (χ4v) is 3.29. The number of anilines is 1. The molecule has 1 N–H and O–H groups in total. The number of rotatable bonds is 6. The molecule has 0 saturated carbocycles. The highest BCUT2D eigenvalue weighted by atomic mass is 79.9. The van der Waals surface area contributed by atoms with E-state index < -0.39 is 5.91 Å². The second-order valence-electron chi connectivity index (χ2n) is 6.24. The lowest BCUT2D eigenvalue weighted by Gasteiger charge is -2.09. The average molecular weight is 530 g/mol. The van der Waals surface area contributed by atoms with E-state index in [9.17, 15) is 14.4 Å². The van der Waals surface area contributed by atoms with Gasteiger partial charge in [-0.3, -0.25) is 4.79 Å². The zero-order valence-corrected chi connectivity index (χ0v) is 18.7. The first-order chi connectivity index (χ1) is 14.4. The Balaban J connectivity index is 1.69. The standard InChI is InChI=1S/C23H15Br2FN2O2/c24-18-4-8-20(9-5-18)28-23(29)17(13-27)11-16-3-10-22(21(25)12-16)30-14-15-1-6-19(26)7-2-15/h1-12H,14H2,(H,28,29)/b17-11-. The topological polar surface area (TPSA) is 62.1 Å². The van der Waals surface area contributed by atoms with Crippen LogP contribution in [0.25, 0.3) is 6.08 Å². The minimum atomic E-state index is -0.493. The van der Waals surface area contributed by atoms with Gasteiger partial charge in [-0.25, -0.2) is 4.39 Å². The van der Waals surface area contributed by atoms with Crippen molar-refractivity contribution in [2.45, 2.75) is 6.61 Å². The third kappa shape index (κ3) is 6.02. The van der Waals surface area contributed by atoms with Crippen molar-refractivity contribution in [3.05, 3.63) is 98.2 Å². The van der Waals surface area contributed by atoms with Gasteiger partial charge in [-0.05, 0) is 81.7 Å². The van der Waals surface area contributed by atoms with Gasteiger partial charge in [0.1, 0.15) is 29.8 Å². The van der Waals surface area contributed by atoms with E-state index in [2.05, 4.69) is 37.2 Å². The van der Waals surface area contributed by atoms with Crippen LogP contribution in [0.1, 0.15) is 11.1 Å². The van der Waals surface area contributed by atoms with E-state index in [-0.39, 0.29) is 18.0 Å². The average Bonchev–Trinajstić information content (AvgIpc) is 2.74. The van der Waals surface area contributed by atoms with Crippen LogP contribution in [0.3, 0.4) is 0 Å². The highest BCUT2D eigenvalue weighted by Crippen LogP contribution is 2.28. The maximum absolute atomic E-state index is 13.0. The fraction of sp³-hybridized carbons (Fsp3) is 0.0435. The molecule has 0 aliphatic rings. The lowest BCUT2D eigenvalue weighted by molar-refractivity contribution is -0.112. The summed E-state index contributed by atoms with van der Waals surface area (Å²) in [6, 6.07) is 20.3.